The molecule has 2 rings (SSSR count). The third-order valence-electron chi connectivity index (χ3n) is 3.62. The van der Waals surface area contributed by atoms with Crippen molar-refractivity contribution in [2.75, 3.05) is 26.7 Å². The van der Waals surface area contributed by atoms with E-state index in [0.29, 0.717) is 13.2 Å². The summed E-state index contributed by atoms with van der Waals surface area (Å²) in [6, 6.07) is 6.33. The van der Waals surface area contributed by atoms with Gasteiger partial charge in [0, 0.05) is 7.05 Å². The molecule has 4 heteroatoms. The monoisotopic (exact) mass is 262 g/mol. The molecule has 19 heavy (non-hydrogen) atoms. The van der Waals surface area contributed by atoms with E-state index in [1.807, 2.05) is 6.07 Å². The van der Waals surface area contributed by atoms with Crippen LogP contribution in [0.5, 0.6) is 5.75 Å². The fourth-order valence-corrected chi connectivity index (χ4v) is 2.38. The maximum Gasteiger partial charge on any atom is 0.236 e. The number of hydrogen-bond acceptors (Lipinski definition) is 3. The summed E-state index contributed by atoms with van der Waals surface area (Å²) in [6.45, 7) is 1.11. The van der Waals surface area contributed by atoms with Crippen molar-refractivity contribution in [3.63, 3.8) is 0 Å². The number of aryl methyl sites for hydroxylation is 2. The highest BCUT2D eigenvalue weighted by Gasteiger charge is 2.10. The lowest BCUT2D eigenvalue weighted by atomic mass is 9.92. The number of ether oxygens (including phenoxy) is 1. The minimum atomic E-state index is -0.0611. The summed E-state index contributed by atoms with van der Waals surface area (Å²) in [7, 11) is 1.74. The van der Waals surface area contributed by atoms with Crippen LogP contribution in [-0.2, 0) is 17.6 Å². The molecule has 1 amide bonds. The molecule has 0 unspecified atom stereocenters. The second-order valence-electron chi connectivity index (χ2n) is 5.01. The minimum absolute atomic E-state index is 0.0509. The predicted octanol–water partition coefficient (Wildman–Crippen LogP) is 1.36. The van der Waals surface area contributed by atoms with E-state index in [0.717, 1.165) is 12.2 Å². The van der Waals surface area contributed by atoms with Crippen molar-refractivity contribution < 1.29 is 9.53 Å². The van der Waals surface area contributed by atoms with Gasteiger partial charge in [-0.05, 0) is 48.9 Å². The molecule has 0 saturated carbocycles. The van der Waals surface area contributed by atoms with Crippen molar-refractivity contribution in [3.05, 3.63) is 29.3 Å². The first-order valence-corrected chi connectivity index (χ1v) is 6.89. The van der Waals surface area contributed by atoms with Crippen molar-refractivity contribution in [1.29, 1.82) is 0 Å². The summed E-state index contributed by atoms with van der Waals surface area (Å²) >= 11 is 0. The van der Waals surface area contributed by atoms with E-state index in [1.54, 1.807) is 11.9 Å². The second-order valence-corrected chi connectivity index (χ2v) is 5.01. The zero-order chi connectivity index (χ0) is 13.7. The zero-order valence-electron chi connectivity index (χ0n) is 11.5. The van der Waals surface area contributed by atoms with Crippen molar-refractivity contribution in [3.8, 4) is 5.75 Å². The average molecular weight is 262 g/mol. The van der Waals surface area contributed by atoms with E-state index in [1.165, 1.54) is 30.4 Å². The molecular formula is C15H22N2O2. The summed E-state index contributed by atoms with van der Waals surface area (Å²) in [5.41, 5.74) is 8.17. The first-order chi connectivity index (χ1) is 9.20. The van der Waals surface area contributed by atoms with Gasteiger partial charge in [-0.1, -0.05) is 6.07 Å². The van der Waals surface area contributed by atoms with Crippen LogP contribution in [0.15, 0.2) is 18.2 Å². The molecule has 0 heterocycles. The molecule has 1 aromatic rings. The predicted molar refractivity (Wildman–Crippen MR) is 75.3 cm³/mol. The Morgan fingerprint density at radius 1 is 1.32 bits per heavy atom. The van der Waals surface area contributed by atoms with E-state index < -0.39 is 0 Å². The lowest BCUT2D eigenvalue weighted by Crippen LogP contribution is -2.35. The third kappa shape index (κ3) is 3.70. The van der Waals surface area contributed by atoms with Gasteiger partial charge in [-0.2, -0.15) is 0 Å². The van der Waals surface area contributed by atoms with Crippen LogP contribution in [0.2, 0.25) is 0 Å². The largest absolute Gasteiger partial charge is 0.492 e. The lowest BCUT2D eigenvalue weighted by Gasteiger charge is -2.18. The molecule has 1 aliphatic carbocycles. The van der Waals surface area contributed by atoms with Crippen LogP contribution in [-0.4, -0.2) is 37.6 Å². The van der Waals surface area contributed by atoms with Gasteiger partial charge in [0.2, 0.25) is 5.91 Å². The number of benzene rings is 1. The highest BCUT2D eigenvalue weighted by Crippen LogP contribution is 2.25. The molecule has 104 valence electrons. The Bertz CT molecular complexity index is 446. The van der Waals surface area contributed by atoms with Crippen LogP contribution in [0.1, 0.15) is 24.0 Å². The third-order valence-corrected chi connectivity index (χ3v) is 3.62. The Kier molecular flexibility index (Phi) is 4.80. The smallest absolute Gasteiger partial charge is 0.236 e. The number of nitrogens with two attached hydrogens (primary N) is 1. The second kappa shape index (κ2) is 6.57. The van der Waals surface area contributed by atoms with Gasteiger partial charge < -0.3 is 15.4 Å². The number of nitrogens with zero attached hydrogens (tertiary/aromatic N) is 1. The van der Waals surface area contributed by atoms with Crippen LogP contribution in [0.3, 0.4) is 0 Å². The molecule has 2 N–H and O–H groups in total. The molecule has 0 saturated heterocycles. The number of amides is 1. The maximum atomic E-state index is 11.3. The number of carbonyl (C=O) groups excluding carboxylic acids is 1. The number of likely N-dealkylation sites (N-methyl/N-ethyl adjacent to an activating group) is 1. The van der Waals surface area contributed by atoms with E-state index in [9.17, 15) is 4.79 Å². The van der Waals surface area contributed by atoms with E-state index in [2.05, 4.69) is 12.1 Å². The van der Waals surface area contributed by atoms with Gasteiger partial charge in [0.1, 0.15) is 12.4 Å². The molecule has 0 atom stereocenters. The van der Waals surface area contributed by atoms with Crippen LogP contribution >= 0.6 is 0 Å². The van der Waals surface area contributed by atoms with Crippen molar-refractivity contribution in [2.24, 2.45) is 5.73 Å². The van der Waals surface area contributed by atoms with E-state index >= 15 is 0 Å². The molecular weight excluding hydrogens is 240 g/mol. The van der Waals surface area contributed by atoms with Crippen LogP contribution in [0.4, 0.5) is 0 Å². The van der Waals surface area contributed by atoms with Gasteiger partial charge in [-0.15, -0.1) is 0 Å². The lowest BCUT2D eigenvalue weighted by molar-refractivity contribution is -0.128. The van der Waals surface area contributed by atoms with Crippen LogP contribution in [0.25, 0.3) is 0 Å². The summed E-state index contributed by atoms with van der Waals surface area (Å²) in [5, 5.41) is 0. The summed E-state index contributed by atoms with van der Waals surface area (Å²) in [4.78, 5) is 12.9. The van der Waals surface area contributed by atoms with Gasteiger partial charge in [0.05, 0.1) is 13.1 Å². The van der Waals surface area contributed by atoms with Gasteiger partial charge >= 0.3 is 0 Å². The molecule has 4 nitrogen and oxygen atoms in total. The Balaban J connectivity index is 1.85. The van der Waals surface area contributed by atoms with Gasteiger partial charge in [0.15, 0.2) is 0 Å². The molecule has 0 spiro atoms. The van der Waals surface area contributed by atoms with Gasteiger partial charge in [-0.3, -0.25) is 4.79 Å². The van der Waals surface area contributed by atoms with Crippen LogP contribution < -0.4 is 10.5 Å². The highest BCUT2D eigenvalue weighted by atomic mass is 16.5. The molecule has 0 radical (unpaired) electrons. The quantitative estimate of drug-likeness (QED) is 0.871. The van der Waals surface area contributed by atoms with E-state index in [4.69, 9.17) is 10.5 Å². The molecule has 0 aliphatic heterocycles. The minimum Gasteiger partial charge on any atom is -0.492 e. The first kappa shape index (κ1) is 13.9. The molecule has 1 aliphatic rings. The Morgan fingerprint density at radius 2 is 2.05 bits per heavy atom. The maximum absolute atomic E-state index is 11.3. The summed E-state index contributed by atoms with van der Waals surface area (Å²) in [5.74, 6) is 0.836. The van der Waals surface area contributed by atoms with Crippen molar-refractivity contribution in [2.45, 2.75) is 25.7 Å². The fourth-order valence-electron chi connectivity index (χ4n) is 2.38. The van der Waals surface area contributed by atoms with Gasteiger partial charge in [0.25, 0.3) is 0 Å². The van der Waals surface area contributed by atoms with Crippen molar-refractivity contribution in [1.82, 2.24) is 4.90 Å². The van der Waals surface area contributed by atoms with E-state index in [-0.39, 0.29) is 12.5 Å². The van der Waals surface area contributed by atoms with Gasteiger partial charge in [-0.25, -0.2) is 0 Å². The molecule has 0 bridgehead atoms. The fraction of sp³-hybridized carbons (Fsp3) is 0.533. The first-order valence-electron chi connectivity index (χ1n) is 6.89. The molecule has 0 fully saturated rings. The topological polar surface area (TPSA) is 55.6 Å². The SMILES string of the molecule is CN(CCOc1ccc2c(c1)CCCC2)C(=O)CN. The standard InChI is InChI=1S/C15H22N2O2/c1-17(15(18)11-16)8-9-19-14-7-6-12-4-2-3-5-13(12)10-14/h6-7,10H,2-5,8-9,11,16H2,1H3. The normalized spacial score (nSPS) is 13.8. The Hall–Kier alpha value is -1.55. The Morgan fingerprint density at radius 3 is 2.79 bits per heavy atom. The molecule has 0 aromatic heterocycles. The summed E-state index contributed by atoms with van der Waals surface area (Å²) in [6.07, 6.45) is 4.89. The number of fused-ring (bicyclic) bond motifs is 1. The summed E-state index contributed by atoms with van der Waals surface area (Å²) < 4.78 is 5.70. The number of hydrogen-bond donors (Lipinski definition) is 1. The van der Waals surface area contributed by atoms with Crippen molar-refractivity contribution >= 4 is 5.91 Å². The number of rotatable bonds is 5. The average Bonchev–Trinajstić information content (AvgIpc) is 2.46. The Labute approximate surface area is 114 Å². The highest BCUT2D eigenvalue weighted by molar-refractivity contribution is 5.77. The zero-order valence-corrected chi connectivity index (χ0v) is 11.5. The van der Waals surface area contributed by atoms with Crippen LogP contribution in [0, 0.1) is 0 Å². The number of carbonyl (C=O) groups is 1. The molecule has 1 aromatic carbocycles.